The summed E-state index contributed by atoms with van der Waals surface area (Å²) in [6, 6.07) is 12.6. The molecule has 2 aromatic rings. The maximum atomic E-state index is 12.3. The molecule has 0 heterocycles. The fourth-order valence-corrected chi connectivity index (χ4v) is 2.13. The lowest BCUT2D eigenvalue weighted by Gasteiger charge is -2.08. The highest BCUT2D eigenvalue weighted by Gasteiger charge is 2.10. The maximum absolute atomic E-state index is 12.3. The Morgan fingerprint density at radius 2 is 1.62 bits per heavy atom. The molecule has 8 nitrogen and oxygen atoms in total. The van der Waals surface area contributed by atoms with Crippen LogP contribution >= 0.6 is 0 Å². The molecule has 2 rings (SSSR count). The average molecular weight is 354 g/mol. The number of amides is 2. The molecule has 0 aliphatic rings. The summed E-state index contributed by atoms with van der Waals surface area (Å²) in [4.78, 5) is 34.7. The zero-order chi connectivity index (χ0) is 19.1. The zero-order valence-electron chi connectivity index (χ0n) is 13.8. The highest BCUT2D eigenvalue weighted by atomic mass is 16.4. The predicted molar refractivity (Wildman–Crippen MR) is 96.4 cm³/mol. The number of benzene rings is 2. The number of rotatable bonds is 7. The van der Waals surface area contributed by atoms with Gasteiger partial charge in [-0.1, -0.05) is 18.2 Å². The molecule has 0 saturated heterocycles. The number of aliphatic carboxylic acids is 1. The van der Waals surface area contributed by atoms with Gasteiger partial charge in [-0.05, 0) is 30.3 Å². The number of anilines is 1. The number of nitrogen functional groups attached to an aromatic ring is 1. The third kappa shape index (κ3) is 5.17. The van der Waals surface area contributed by atoms with Crippen molar-refractivity contribution < 1.29 is 19.5 Å². The Morgan fingerprint density at radius 3 is 2.23 bits per heavy atom. The van der Waals surface area contributed by atoms with Crippen LogP contribution in [0.2, 0.25) is 0 Å². The zero-order valence-corrected chi connectivity index (χ0v) is 13.8. The molecule has 8 heteroatoms. The van der Waals surface area contributed by atoms with Crippen LogP contribution in [0.25, 0.3) is 0 Å². The van der Waals surface area contributed by atoms with Crippen molar-refractivity contribution in [3.63, 3.8) is 0 Å². The second-order valence-corrected chi connectivity index (χ2v) is 5.43. The van der Waals surface area contributed by atoms with E-state index in [2.05, 4.69) is 10.6 Å². The van der Waals surface area contributed by atoms with Crippen molar-refractivity contribution >= 4 is 29.3 Å². The quantitative estimate of drug-likeness (QED) is 0.377. The number of carbonyl (C=O) groups is 3. The van der Waals surface area contributed by atoms with Gasteiger partial charge in [0.05, 0.1) is 6.42 Å². The second kappa shape index (κ2) is 8.43. The fourth-order valence-electron chi connectivity index (χ4n) is 2.13. The second-order valence-electron chi connectivity index (χ2n) is 5.43. The minimum Gasteiger partial charge on any atom is -0.481 e. The molecule has 2 amide bonds. The smallest absolute Gasteiger partial charge is 0.305 e. The van der Waals surface area contributed by atoms with Crippen LogP contribution in [0.4, 0.5) is 5.69 Å². The van der Waals surface area contributed by atoms with Gasteiger partial charge in [0.15, 0.2) is 0 Å². The van der Waals surface area contributed by atoms with E-state index in [9.17, 15) is 14.4 Å². The van der Waals surface area contributed by atoms with Crippen LogP contribution in [0, 0.1) is 5.41 Å². The van der Waals surface area contributed by atoms with E-state index in [1.807, 2.05) is 0 Å². The van der Waals surface area contributed by atoms with Crippen molar-refractivity contribution in [2.24, 2.45) is 5.73 Å². The van der Waals surface area contributed by atoms with Gasteiger partial charge in [-0.15, -0.1) is 0 Å². The van der Waals surface area contributed by atoms with E-state index in [1.165, 1.54) is 6.07 Å². The molecule has 0 spiro atoms. The number of carboxylic acid groups (broad SMARTS) is 1. The number of nitrogens with one attached hydrogen (secondary N) is 3. The lowest BCUT2D eigenvalue weighted by atomic mass is 10.1. The van der Waals surface area contributed by atoms with E-state index in [0.29, 0.717) is 22.4 Å². The molecular weight excluding hydrogens is 336 g/mol. The van der Waals surface area contributed by atoms with E-state index in [1.54, 1.807) is 42.5 Å². The molecule has 0 aromatic heterocycles. The first-order valence-corrected chi connectivity index (χ1v) is 7.72. The molecule has 0 unspecified atom stereocenters. The van der Waals surface area contributed by atoms with Gasteiger partial charge < -0.3 is 21.5 Å². The highest BCUT2D eigenvalue weighted by Crippen LogP contribution is 2.13. The number of carbonyl (C=O) groups excluding carboxylic acids is 2. The van der Waals surface area contributed by atoms with Crippen molar-refractivity contribution in [1.82, 2.24) is 5.32 Å². The molecule has 2 aromatic carbocycles. The summed E-state index contributed by atoms with van der Waals surface area (Å²) < 4.78 is 0. The van der Waals surface area contributed by atoms with E-state index >= 15 is 0 Å². The largest absolute Gasteiger partial charge is 0.481 e. The highest BCUT2D eigenvalue weighted by molar-refractivity contribution is 6.06. The van der Waals surface area contributed by atoms with Crippen LogP contribution in [0.15, 0.2) is 48.5 Å². The van der Waals surface area contributed by atoms with Crippen LogP contribution in [-0.2, 0) is 4.79 Å². The van der Waals surface area contributed by atoms with Gasteiger partial charge in [0, 0.05) is 28.9 Å². The molecule has 0 aliphatic heterocycles. The molecule has 0 radical (unpaired) electrons. The summed E-state index contributed by atoms with van der Waals surface area (Å²) in [5.74, 6) is -1.88. The Labute approximate surface area is 149 Å². The fraction of sp³-hybridized carbons (Fsp3) is 0.111. The molecular formula is C18H18N4O4. The maximum Gasteiger partial charge on any atom is 0.305 e. The molecule has 0 bridgehead atoms. The van der Waals surface area contributed by atoms with E-state index in [-0.39, 0.29) is 24.7 Å². The van der Waals surface area contributed by atoms with Gasteiger partial charge in [-0.25, -0.2) is 0 Å². The topological polar surface area (TPSA) is 145 Å². The van der Waals surface area contributed by atoms with Crippen molar-refractivity contribution in [3.8, 4) is 0 Å². The summed E-state index contributed by atoms with van der Waals surface area (Å²) in [6.45, 7) is 0.0211. The Bertz CT molecular complexity index is 847. The van der Waals surface area contributed by atoms with Crippen LogP contribution in [-0.4, -0.2) is 35.3 Å². The van der Waals surface area contributed by atoms with Crippen molar-refractivity contribution in [2.45, 2.75) is 6.42 Å². The van der Waals surface area contributed by atoms with Crippen LogP contribution in [0.5, 0.6) is 0 Å². The summed E-state index contributed by atoms with van der Waals surface area (Å²) in [5, 5.41) is 21.1. The number of nitrogens with two attached hydrogens (primary N) is 1. The minimum atomic E-state index is -0.998. The third-order valence-corrected chi connectivity index (χ3v) is 3.47. The summed E-state index contributed by atoms with van der Waals surface area (Å²) in [7, 11) is 0. The molecule has 0 saturated carbocycles. The first-order valence-electron chi connectivity index (χ1n) is 7.72. The molecule has 134 valence electrons. The Hall–Kier alpha value is -3.68. The normalized spacial score (nSPS) is 10.0. The number of amidine groups is 1. The lowest BCUT2D eigenvalue weighted by Crippen LogP contribution is -2.26. The van der Waals surface area contributed by atoms with Crippen LogP contribution in [0.3, 0.4) is 0 Å². The van der Waals surface area contributed by atoms with E-state index < -0.39 is 11.9 Å². The Kier molecular flexibility index (Phi) is 6.05. The molecule has 6 N–H and O–H groups in total. The first-order chi connectivity index (χ1) is 12.4. The number of carboxylic acids is 1. The number of hydrogen-bond donors (Lipinski definition) is 5. The van der Waals surface area contributed by atoms with Gasteiger partial charge in [-0.2, -0.15) is 0 Å². The van der Waals surface area contributed by atoms with E-state index in [0.717, 1.165) is 0 Å². The van der Waals surface area contributed by atoms with Crippen molar-refractivity contribution in [3.05, 3.63) is 65.2 Å². The summed E-state index contributed by atoms with van der Waals surface area (Å²) in [6.07, 6.45) is -0.168. The monoisotopic (exact) mass is 354 g/mol. The van der Waals surface area contributed by atoms with Gasteiger partial charge >= 0.3 is 5.97 Å². The van der Waals surface area contributed by atoms with Gasteiger partial charge in [0.25, 0.3) is 11.8 Å². The van der Waals surface area contributed by atoms with E-state index in [4.69, 9.17) is 16.2 Å². The van der Waals surface area contributed by atoms with Crippen molar-refractivity contribution in [1.29, 1.82) is 5.41 Å². The molecule has 0 atom stereocenters. The lowest BCUT2D eigenvalue weighted by molar-refractivity contribution is -0.136. The SMILES string of the molecule is N=C(N)c1ccc(C(=O)Nc2cccc(C(=O)NCCC(=O)O)c2)cc1. The Morgan fingerprint density at radius 1 is 0.962 bits per heavy atom. The minimum absolute atomic E-state index is 0.0211. The predicted octanol–water partition coefficient (Wildman–Crippen LogP) is 1.43. The molecule has 26 heavy (non-hydrogen) atoms. The Balaban J connectivity index is 2.03. The van der Waals surface area contributed by atoms with Gasteiger partial charge in [-0.3, -0.25) is 19.8 Å². The average Bonchev–Trinajstić information content (AvgIpc) is 2.61. The van der Waals surface area contributed by atoms with Gasteiger partial charge in [0.2, 0.25) is 0 Å². The number of hydrogen-bond acceptors (Lipinski definition) is 4. The van der Waals surface area contributed by atoms with Crippen LogP contribution in [0.1, 0.15) is 32.7 Å². The van der Waals surface area contributed by atoms with Gasteiger partial charge in [0.1, 0.15) is 5.84 Å². The van der Waals surface area contributed by atoms with Crippen LogP contribution < -0.4 is 16.4 Å². The summed E-state index contributed by atoms with van der Waals surface area (Å²) in [5.41, 5.74) is 7.00. The standard InChI is InChI=1S/C18H18N4O4/c19-16(20)11-4-6-12(7-5-11)18(26)22-14-3-1-2-13(10-14)17(25)21-9-8-15(23)24/h1-7,10H,8-9H2,(H3,19,20)(H,21,25)(H,22,26)(H,23,24). The first kappa shape index (κ1) is 18.7. The molecule has 0 aliphatic carbocycles. The molecule has 0 fully saturated rings. The van der Waals surface area contributed by atoms with Crippen molar-refractivity contribution in [2.75, 3.05) is 11.9 Å². The summed E-state index contributed by atoms with van der Waals surface area (Å²) >= 11 is 0. The third-order valence-electron chi connectivity index (χ3n) is 3.47.